The predicted molar refractivity (Wildman–Crippen MR) is 58.4 cm³/mol. The lowest BCUT2D eigenvalue weighted by atomic mass is 10.3. The summed E-state index contributed by atoms with van der Waals surface area (Å²) in [5, 5.41) is 12.2. The molecule has 0 spiro atoms. The molecule has 6 heteroatoms. The third kappa shape index (κ3) is 13.6. The zero-order valence-electron chi connectivity index (χ0n) is 10.5. The number of ether oxygens (including phenoxy) is 1. The Morgan fingerprint density at radius 2 is 2.00 bits per heavy atom. The number of nitrogens with zero attached hydrogens (tertiary/aromatic N) is 1. The van der Waals surface area contributed by atoms with E-state index in [1.54, 1.807) is 0 Å². The van der Waals surface area contributed by atoms with E-state index < -0.39 is 6.10 Å². The van der Waals surface area contributed by atoms with Crippen molar-refractivity contribution < 1.29 is 31.5 Å². The van der Waals surface area contributed by atoms with Gasteiger partial charge < -0.3 is 32.1 Å². The molecule has 5 nitrogen and oxygen atoms in total. The van der Waals surface area contributed by atoms with Crippen LogP contribution in [0.3, 0.4) is 0 Å². The Morgan fingerprint density at radius 3 is 2.44 bits per heavy atom. The van der Waals surface area contributed by atoms with Gasteiger partial charge in [-0.05, 0) is 0 Å². The molecule has 16 heavy (non-hydrogen) atoms. The smallest absolute Gasteiger partial charge is 0.216 e. The van der Waals surface area contributed by atoms with Gasteiger partial charge in [0.05, 0.1) is 34.4 Å². The van der Waals surface area contributed by atoms with Crippen molar-refractivity contribution in [2.45, 2.75) is 13.0 Å². The Balaban J connectivity index is 0. The van der Waals surface area contributed by atoms with Crippen LogP contribution in [0.2, 0.25) is 0 Å². The van der Waals surface area contributed by atoms with Crippen LogP contribution in [-0.4, -0.2) is 69.0 Å². The molecule has 0 radical (unpaired) electrons. The van der Waals surface area contributed by atoms with E-state index in [9.17, 15) is 9.90 Å². The quantitative estimate of drug-likeness (QED) is 0.362. The summed E-state index contributed by atoms with van der Waals surface area (Å²) in [5.74, 6) is -0.0643. The summed E-state index contributed by atoms with van der Waals surface area (Å²) in [7, 11) is 6.04. The normalized spacial score (nSPS) is 12.8. The van der Waals surface area contributed by atoms with Crippen molar-refractivity contribution in [1.82, 2.24) is 5.32 Å². The standard InChI is InChI=1S/C10H22N2O3.ClH/c1-9(13)11-5-6-15-8-10(14)7-12(2,3)4;/h10,14H,5-8H2,1-4H3;1H. The molecule has 0 bridgehead atoms. The van der Waals surface area contributed by atoms with E-state index >= 15 is 0 Å². The fourth-order valence-corrected chi connectivity index (χ4v) is 1.20. The lowest BCUT2D eigenvalue weighted by Crippen LogP contribution is -3.00. The number of hydrogen-bond acceptors (Lipinski definition) is 3. The second kappa shape index (κ2) is 8.75. The number of amides is 1. The van der Waals surface area contributed by atoms with Crippen LogP contribution < -0.4 is 17.7 Å². The summed E-state index contributed by atoms with van der Waals surface area (Å²) in [6, 6.07) is 0. The summed E-state index contributed by atoms with van der Waals surface area (Å²) in [6.45, 7) is 3.36. The van der Waals surface area contributed by atoms with Gasteiger partial charge in [-0.25, -0.2) is 0 Å². The molecule has 1 amide bonds. The molecular weight excluding hydrogens is 232 g/mol. The van der Waals surface area contributed by atoms with Crippen LogP contribution in [0, 0.1) is 0 Å². The lowest BCUT2D eigenvalue weighted by Gasteiger charge is -2.26. The van der Waals surface area contributed by atoms with Crippen molar-refractivity contribution in [2.24, 2.45) is 0 Å². The van der Waals surface area contributed by atoms with Gasteiger partial charge in [-0.3, -0.25) is 4.79 Å². The highest BCUT2D eigenvalue weighted by Crippen LogP contribution is 1.95. The van der Waals surface area contributed by atoms with Crippen molar-refractivity contribution in [3.05, 3.63) is 0 Å². The number of carbonyl (C=O) groups is 1. The molecule has 0 rings (SSSR count). The fraction of sp³-hybridized carbons (Fsp3) is 0.900. The third-order valence-electron chi connectivity index (χ3n) is 1.69. The minimum atomic E-state index is -0.456. The van der Waals surface area contributed by atoms with E-state index in [0.29, 0.717) is 30.8 Å². The van der Waals surface area contributed by atoms with E-state index in [-0.39, 0.29) is 18.3 Å². The van der Waals surface area contributed by atoms with Crippen LogP contribution in [0.25, 0.3) is 0 Å². The molecule has 0 saturated heterocycles. The highest BCUT2D eigenvalue weighted by atomic mass is 35.5. The molecule has 0 saturated carbocycles. The number of nitrogens with one attached hydrogen (secondary N) is 1. The van der Waals surface area contributed by atoms with Gasteiger partial charge in [0.25, 0.3) is 0 Å². The number of aliphatic hydroxyl groups is 1. The van der Waals surface area contributed by atoms with Crippen LogP contribution in [-0.2, 0) is 9.53 Å². The van der Waals surface area contributed by atoms with Gasteiger partial charge in [0.15, 0.2) is 0 Å². The van der Waals surface area contributed by atoms with Gasteiger partial charge in [-0.1, -0.05) is 0 Å². The number of hydrogen-bond donors (Lipinski definition) is 2. The summed E-state index contributed by atoms with van der Waals surface area (Å²) in [6.07, 6.45) is -0.456. The van der Waals surface area contributed by atoms with Gasteiger partial charge in [-0.15, -0.1) is 0 Å². The van der Waals surface area contributed by atoms with Crippen LogP contribution in [0.4, 0.5) is 0 Å². The average molecular weight is 255 g/mol. The van der Waals surface area contributed by atoms with E-state index in [0.717, 1.165) is 0 Å². The first-order valence-electron chi connectivity index (χ1n) is 5.12. The topological polar surface area (TPSA) is 58.6 Å². The first-order chi connectivity index (χ1) is 6.81. The molecule has 0 aromatic rings. The minimum absolute atomic E-state index is 0. The Morgan fingerprint density at radius 1 is 1.44 bits per heavy atom. The van der Waals surface area contributed by atoms with E-state index in [4.69, 9.17) is 4.74 Å². The monoisotopic (exact) mass is 254 g/mol. The molecule has 0 aromatic carbocycles. The largest absolute Gasteiger partial charge is 1.00 e. The highest BCUT2D eigenvalue weighted by Gasteiger charge is 2.14. The Hall–Kier alpha value is -0.360. The Labute approximate surface area is 104 Å². The molecule has 0 fully saturated rings. The summed E-state index contributed by atoms with van der Waals surface area (Å²) in [4.78, 5) is 10.5. The molecular formula is C10H23ClN2O3. The molecule has 98 valence electrons. The van der Waals surface area contributed by atoms with Gasteiger partial charge in [0, 0.05) is 13.5 Å². The number of quaternary nitrogens is 1. The van der Waals surface area contributed by atoms with Crippen molar-refractivity contribution in [3.63, 3.8) is 0 Å². The molecule has 0 aliphatic heterocycles. The molecule has 0 heterocycles. The van der Waals surface area contributed by atoms with Crippen molar-refractivity contribution in [2.75, 3.05) is 47.4 Å². The first kappa shape index (κ1) is 18.0. The van der Waals surface area contributed by atoms with Crippen LogP contribution >= 0.6 is 0 Å². The second-order valence-corrected chi connectivity index (χ2v) is 4.68. The highest BCUT2D eigenvalue weighted by molar-refractivity contribution is 5.72. The van der Waals surface area contributed by atoms with Crippen molar-refractivity contribution >= 4 is 5.91 Å². The van der Waals surface area contributed by atoms with Gasteiger partial charge >= 0.3 is 0 Å². The SMILES string of the molecule is CC(=O)NCCOCC(O)C[N+](C)(C)C.[Cl-]. The maximum atomic E-state index is 10.5. The third-order valence-corrected chi connectivity index (χ3v) is 1.69. The number of rotatable bonds is 7. The number of likely N-dealkylation sites (N-methyl/N-ethyl adjacent to an activating group) is 1. The average Bonchev–Trinajstić information content (AvgIpc) is 1.99. The van der Waals surface area contributed by atoms with Crippen molar-refractivity contribution in [3.8, 4) is 0 Å². The van der Waals surface area contributed by atoms with E-state index in [2.05, 4.69) is 5.32 Å². The molecule has 0 aromatic heterocycles. The summed E-state index contributed by atoms with van der Waals surface area (Å²) < 4.78 is 5.92. The zero-order valence-corrected chi connectivity index (χ0v) is 11.3. The number of halogens is 1. The Bertz CT molecular complexity index is 195. The number of aliphatic hydroxyl groups excluding tert-OH is 1. The fourth-order valence-electron chi connectivity index (χ4n) is 1.20. The zero-order chi connectivity index (χ0) is 11.9. The first-order valence-corrected chi connectivity index (χ1v) is 5.12. The molecule has 1 unspecified atom stereocenters. The molecule has 0 aliphatic carbocycles. The van der Waals surface area contributed by atoms with Gasteiger partial charge in [-0.2, -0.15) is 0 Å². The number of carbonyl (C=O) groups excluding carboxylic acids is 1. The van der Waals surface area contributed by atoms with Gasteiger partial charge in [0.2, 0.25) is 5.91 Å². The molecule has 2 N–H and O–H groups in total. The lowest BCUT2D eigenvalue weighted by molar-refractivity contribution is -0.873. The van der Waals surface area contributed by atoms with Crippen LogP contribution in [0.15, 0.2) is 0 Å². The van der Waals surface area contributed by atoms with Crippen LogP contribution in [0.1, 0.15) is 6.92 Å². The summed E-state index contributed by atoms with van der Waals surface area (Å²) >= 11 is 0. The van der Waals surface area contributed by atoms with Crippen LogP contribution in [0.5, 0.6) is 0 Å². The van der Waals surface area contributed by atoms with E-state index in [1.165, 1.54) is 6.92 Å². The predicted octanol–water partition coefficient (Wildman–Crippen LogP) is -3.79. The van der Waals surface area contributed by atoms with Gasteiger partial charge in [0.1, 0.15) is 12.6 Å². The minimum Gasteiger partial charge on any atom is -1.00 e. The maximum absolute atomic E-state index is 10.5. The molecule has 0 aliphatic rings. The molecule has 1 atom stereocenters. The second-order valence-electron chi connectivity index (χ2n) is 4.68. The van der Waals surface area contributed by atoms with E-state index in [1.807, 2.05) is 21.1 Å². The van der Waals surface area contributed by atoms with Crippen molar-refractivity contribution in [1.29, 1.82) is 0 Å². The summed E-state index contributed by atoms with van der Waals surface area (Å²) in [5.41, 5.74) is 0. The Kier molecular flexibility index (Phi) is 9.86. The maximum Gasteiger partial charge on any atom is 0.216 e.